The molecule has 0 atom stereocenters. The Morgan fingerprint density at radius 1 is 1.03 bits per heavy atom. The number of amides is 1. The Labute approximate surface area is 172 Å². The van der Waals surface area contributed by atoms with Crippen molar-refractivity contribution < 1.29 is 9.53 Å². The first-order valence-corrected chi connectivity index (χ1v) is 10.5. The van der Waals surface area contributed by atoms with Crippen LogP contribution in [0.15, 0.2) is 30.5 Å². The van der Waals surface area contributed by atoms with Crippen LogP contribution in [0.4, 0.5) is 4.79 Å². The lowest BCUT2D eigenvalue weighted by Gasteiger charge is -2.33. The van der Waals surface area contributed by atoms with Crippen molar-refractivity contribution in [1.82, 2.24) is 19.7 Å². The molecule has 0 N–H and O–H groups in total. The van der Waals surface area contributed by atoms with Crippen molar-refractivity contribution in [3.8, 4) is 18.1 Å². The van der Waals surface area contributed by atoms with E-state index in [4.69, 9.17) is 11.2 Å². The monoisotopic (exact) mass is 392 g/mol. The summed E-state index contributed by atoms with van der Waals surface area (Å²) in [5.41, 5.74) is 1.96. The van der Waals surface area contributed by atoms with Crippen LogP contribution in [-0.4, -0.2) is 71.6 Å². The van der Waals surface area contributed by atoms with E-state index in [9.17, 15) is 4.79 Å². The summed E-state index contributed by atoms with van der Waals surface area (Å²) in [6.07, 6.45) is 10.2. The highest BCUT2D eigenvalue weighted by molar-refractivity contribution is 5.89. The standard InChI is InChI=1S/C23H28N4O2/c1-2-11-25-14-16-26(17-15-25)18-19-8-9-21(22-20(19)7-6-10-24-22)29-23(28)27-12-4-3-5-13-27/h1,6-10H,3-5,11-18H2. The van der Waals surface area contributed by atoms with E-state index in [-0.39, 0.29) is 6.09 Å². The highest BCUT2D eigenvalue weighted by Crippen LogP contribution is 2.28. The first-order valence-electron chi connectivity index (χ1n) is 10.5. The van der Waals surface area contributed by atoms with Gasteiger partial charge in [0.05, 0.1) is 6.54 Å². The molecule has 0 bridgehead atoms. The first-order chi connectivity index (χ1) is 14.2. The molecule has 2 saturated heterocycles. The maximum absolute atomic E-state index is 12.5. The normalized spacial score (nSPS) is 18.5. The van der Waals surface area contributed by atoms with E-state index in [1.807, 2.05) is 12.1 Å². The predicted molar refractivity (Wildman–Crippen MR) is 114 cm³/mol. The smallest absolute Gasteiger partial charge is 0.408 e. The maximum atomic E-state index is 12.5. The molecule has 2 aliphatic heterocycles. The fourth-order valence-electron chi connectivity index (χ4n) is 4.14. The fraction of sp³-hybridized carbons (Fsp3) is 0.478. The topological polar surface area (TPSA) is 48.9 Å². The zero-order valence-electron chi connectivity index (χ0n) is 16.8. The molecule has 0 radical (unpaired) electrons. The lowest BCUT2D eigenvalue weighted by Crippen LogP contribution is -2.45. The van der Waals surface area contributed by atoms with Gasteiger partial charge in [-0.3, -0.25) is 14.8 Å². The van der Waals surface area contributed by atoms with Crippen LogP contribution in [0.2, 0.25) is 0 Å². The molecule has 152 valence electrons. The molecule has 4 rings (SSSR count). The van der Waals surface area contributed by atoms with Crippen LogP contribution < -0.4 is 4.74 Å². The summed E-state index contributed by atoms with van der Waals surface area (Å²) in [6, 6.07) is 7.95. The Hall–Kier alpha value is -2.62. The number of terminal acetylenes is 1. The number of likely N-dealkylation sites (tertiary alicyclic amines) is 1. The van der Waals surface area contributed by atoms with Crippen LogP contribution in [0.1, 0.15) is 24.8 Å². The van der Waals surface area contributed by atoms with E-state index in [1.54, 1.807) is 11.1 Å². The highest BCUT2D eigenvalue weighted by Gasteiger charge is 2.21. The van der Waals surface area contributed by atoms with Gasteiger partial charge in [-0.2, -0.15) is 0 Å². The van der Waals surface area contributed by atoms with Gasteiger partial charge in [0, 0.05) is 57.4 Å². The van der Waals surface area contributed by atoms with Gasteiger partial charge in [-0.25, -0.2) is 4.79 Å². The summed E-state index contributed by atoms with van der Waals surface area (Å²) in [7, 11) is 0. The van der Waals surface area contributed by atoms with Gasteiger partial charge in [0.15, 0.2) is 5.75 Å². The minimum Gasteiger partial charge on any atom is -0.408 e. The minimum atomic E-state index is -0.269. The summed E-state index contributed by atoms with van der Waals surface area (Å²) in [5.74, 6) is 3.27. The van der Waals surface area contributed by atoms with Gasteiger partial charge in [0.2, 0.25) is 0 Å². The summed E-state index contributed by atoms with van der Waals surface area (Å²) in [6.45, 7) is 7.09. The Morgan fingerprint density at radius 3 is 2.55 bits per heavy atom. The van der Waals surface area contributed by atoms with Crippen molar-refractivity contribution >= 4 is 17.0 Å². The van der Waals surface area contributed by atoms with Crippen LogP contribution in [0.25, 0.3) is 10.9 Å². The molecule has 29 heavy (non-hydrogen) atoms. The van der Waals surface area contributed by atoms with Gasteiger partial charge in [-0.15, -0.1) is 6.42 Å². The van der Waals surface area contributed by atoms with Gasteiger partial charge in [-0.1, -0.05) is 18.1 Å². The van der Waals surface area contributed by atoms with Crippen LogP contribution >= 0.6 is 0 Å². The van der Waals surface area contributed by atoms with E-state index >= 15 is 0 Å². The number of hydrogen-bond donors (Lipinski definition) is 0. The quantitative estimate of drug-likeness (QED) is 0.749. The maximum Gasteiger partial charge on any atom is 0.415 e. The molecule has 1 amide bonds. The van der Waals surface area contributed by atoms with Crippen molar-refractivity contribution in [3.05, 3.63) is 36.0 Å². The van der Waals surface area contributed by atoms with E-state index in [0.29, 0.717) is 5.75 Å². The van der Waals surface area contributed by atoms with Gasteiger partial charge >= 0.3 is 6.09 Å². The zero-order chi connectivity index (χ0) is 20.1. The Morgan fingerprint density at radius 2 is 1.79 bits per heavy atom. The number of piperazine rings is 1. The van der Waals surface area contributed by atoms with Gasteiger partial charge in [0.25, 0.3) is 0 Å². The van der Waals surface area contributed by atoms with Crippen LogP contribution in [0, 0.1) is 12.3 Å². The second-order valence-electron chi connectivity index (χ2n) is 7.79. The number of rotatable bonds is 4. The fourth-order valence-corrected chi connectivity index (χ4v) is 4.14. The second kappa shape index (κ2) is 9.25. The lowest BCUT2D eigenvalue weighted by molar-refractivity contribution is 0.138. The predicted octanol–water partition coefficient (Wildman–Crippen LogP) is 2.97. The largest absolute Gasteiger partial charge is 0.415 e. The molecular formula is C23H28N4O2. The number of nitrogens with zero attached hydrogens (tertiary/aromatic N) is 4. The summed E-state index contributed by atoms with van der Waals surface area (Å²) < 4.78 is 5.74. The van der Waals surface area contributed by atoms with Gasteiger partial charge in [-0.05, 0) is 37.0 Å². The Balaban J connectivity index is 1.48. The molecule has 0 saturated carbocycles. The molecule has 3 heterocycles. The molecule has 6 nitrogen and oxygen atoms in total. The number of benzene rings is 1. The molecule has 2 fully saturated rings. The summed E-state index contributed by atoms with van der Waals surface area (Å²) >= 11 is 0. The number of piperidine rings is 1. The second-order valence-corrected chi connectivity index (χ2v) is 7.79. The molecule has 0 spiro atoms. The number of ether oxygens (including phenoxy) is 1. The van der Waals surface area contributed by atoms with Crippen molar-refractivity contribution in [2.45, 2.75) is 25.8 Å². The molecule has 1 aromatic carbocycles. The molecule has 0 aliphatic carbocycles. The summed E-state index contributed by atoms with van der Waals surface area (Å²) in [4.78, 5) is 23.6. The van der Waals surface area contributed by atoms with Crippen molar-refractivity contribution in [2.75, 3.05) is 45.8 Å². The van der Waals surface area contributed by atoms with Crippen molar-refractivity contribution in [2.24, 2.45) is 0 Å². The molecule has 6 heteroatoms. The minimum absolute atomic E-state index is 0.269. The van der Waals surface area contributed by atoms with E-state index in [0.717, 1.165) is 76.1 Å². The Bertz CT molecular complexity index is 893. The number of fused-ring (bicyclic) bond motifs is 1. The molecule has 0 unspecified atom stereocenters. The zero-order valence-corrected chi connectivity index (χ0v) is 16.8. The number of hydrogen-bond acceptors (Lipinski definition) is 5. The van der Waals surface area contributed by atoms with Gasteiger partial charge in [0.1, 0.15) is 5.52 Å². The van der Waals surface area contributed by atoms with Crippen LogP contribution in [-0.2, 0) is 6.54 Å². The molecule has 2 aromatic rings. The third kappa shape index (κ3) is 4.69. The van der Waals surface area contributed by atoms with Crippen LogP contribution in [0.3, 0.4) is 0 Å². The third-order valence-electron chi connectivity index (χ3n) is 5.81. The molecule has 1 aromatic heterocycles. The SMILES string of the molecule is C#CCN1CCN(Cc2ccc(OC(=O)N3CCCCC3)c3ncccc23)CC1. The number of carbonyl (C=O) groups excluding carboxylic acids is 1. The highest BCUT2D eigenvalue weighted by atomic mass is 16.6. The molecule has 2 aliphatic rings. The van der Waals surface area contributed by atoms with Crippen LogP contribution in [0.5, 0.6) is 5.75 Å². The number of aromatic nitrogens is 1. The van der Waals surface area contributed by atoms with Gasteiger partial charge < -0.3 is 9.64 Å². The average molecular weight is 393 g/mol. The van der Waals surface area contributed by atoms with Crippen molar-refractivity contribution in [1.29, 1.82) is 0 Å². The van der Waals surface area contributed by atoms with Crippen molar-refractivity contribution in [3.63, 3.8) is 0 Å². The number of pyridine rings is 1. The van der Waals surface area contributed by atoms with E-state index < -0.39 is 0 Å². The van der Waals surface area contributed by atoms with E-state index in [2.05, 4.69) is 32.8 Å². The third-order valence-corrected chi connectivity index (χ3v) is 5.81. The first kappa shape index (κ1) is 19.7. The van der Waals surface area contributed by atoms with E-state index in [1.165, 1.54) is 12.0 Å². The summed E-state index contributed by atoms with van der Waals surface area (Å²) in [5, 5.41) is 1.04. The lowest BCUT2D eigenvalue weighted by atomic mass is 10.1. The Kier molecular flexibility index (Phi) is 6.28. The average Bonchev–Trinajstić information content (AvgIpc) is 2.77. The number of carbonyl (C=O) groups is 1. The molecular weight excluding hydrogens is 364 g/mol.